The molecule has 1 saturated carbocycles. The molecule has 2 nitrogen and oxygen atoms in total. The minimum absolute atomic E-state index is 0.782. The second-order valence-corrected chi connectivity index (χ2v) is 8.29. The molecule has 2 aromatic rings. The Bertz CT molecular complexity index is 596. The number of benzene rings is 2. The van der Waals surface area contributed by atoms with Gasteiger partial charge in [0.2, 0.25) is 0 Å². The van der Waals surface area contributed by atoms with Gasteiger partial charge in [-0.2, -0.15) is 11.8 Å². The summed E-state index contributed by atoms with van der Waals surface area (Å²) in [7, 11) is 0. The van der Waals surface area contributed by atoms with Crippen molar-refractivity contribution in [3.8, 4) is 0 Å². The maximum atomic E-state index is 3.65. The highest BCUT2D eigenvalue weighted by atomic mass is 32.2. The summed E-state index contributed by atoms with van der Waals surface area (Å²) < 4.78 is 0. The summed E-state index contributed by atoms with van der Waals surface area (Å²) in [6.45, 7) is 4.44. The van der Waals surface area contributed by atoms with Crippen molar-refractivity contribution in [2.75, 3.05) is 25.4 Å². The predicted molar refractivity (Wildman–Crippen MR) is 115 cm³/mol. The maximum Gasteiger partial charge on any atom is 0.0237 e. The number of nitrogens with one attached hydrogen (secondary N) is 1. The van der Waals surface area contributed by atoms with E-state index in [2.05, 4.69) is 70.9 Å². The summed E-state index contributed by atoms with van der Waals surface area (Å²) in [6, 6.07) is 22.5. The van der Waals surface area contributed by atoms with Gasteiger partial charge in [0.05, 0.1) is 0 Å². The summed E-state index contributed by atoms with van der Waals surface area (Å²) in [5.41, 5.74) is 2.87. The molecule has 0 atom stereocenters. The summed E-state index contributed by atoms with van der Waals surface area (Å²) in [6.07, 6.45) is 5.55. The predicted octanol–water partition coefficient (Wildman–Crippen LogP) is 4.95. The molecule has 0 saturated heterocycles. The molecule has 0 heterocycles. The van der Waals surface area contributed by atoms with Crippen LogP contribution >= 0.6 is 11.8 Å². The molecule has 0 bridgehead atoms. The van der Waals surface area contributed by atoms with E-state index in [4.69, 9.17) is 0 Å². The van der Waals surface area contributed by atoms with Crippen LogP contribution in [0.3, 0.4) is 0 Å². The van der Waals surface area contributed by atoms with E-state index < -0.39 is 0 Å². The largest absolute Gasteiger partial charge is 0.315 e. The molecule has 0 spiro atoms. The Morgan fingerprint density at radius 1 is 0.846 bits per heavy atom. The van der Waals surface area contributed by atoms with E-state index in [9.17, 15) is 0 Å². The number of nitrogens with zero attached hydrogens (tertiary/aromatic N) is 1. The van der Waals surface area contributed by atoms with Crippen LogP contribution in [-0.2, 0) is 12.3 Å². The van der Waals surface area contributed by atoms with Gasteiger partial charge in [0.1, 0.15) is 0 Å². The van der Waals surface area contributed by atoms with Gasteiger partial charge >= 0.3 is 0 Å². The molecule has 3 rings (SSSR count). The lowest BCUT2D eigenvalue weighted by molar-refractivity contribution is 0.190. The average Bonchev–Trinajstić information content (AvgIpc) is 3.23. The Morgan fingerprint density at radius 2 is 1.50 bits per heavy atom. The summed E-state index contributed by atoms with van der Waals surface area (Å²) in [5.74, 6) is 2.29. The molecule has 140 valence electrons. The van der Waals surface area contributed by atoms with Crippen molar-refractivity contribution in [1.82, 2.24) is 10.2 Å². The zero-order chi connectivity index (χ0) is 17.9. The first-order valence-electron chi connectivity index (χ1n) is 10.0. The van der Waals surface area contributed by atoms with E-state index in [0.717, 1.165) is 38.0 Å². The van der Waals surface area contributed by atoms with Crippen molar-refractivity contribution in [3.05, 3.63) is 71.8 Å². The molecule has 1 fully saturated rings. The highest BCUT2D eigenvalue weighted by Gasteiger charge is 2.22. The third-order valence-electron chi connectivity index (χ3n) is 5.18. The lowest BCUT2D eigenvalue weighted by atomic mass is 10.1. The summed E-state index contributed by atoms with van der Waals surface area (Å²) in [4.78, 5) is 2.70. The first-order valence-corrected chi connectivity index (χ1v) is 11.2. The van der Waals surface area contributed by atoms with Crippen LogP contribution in [0.15, 0.2) is 60.7 Å². The molecular formula is C23H32N2S. The van der Waals surface area contributed by atoms with Crippen LogP contribution in [0.5, 0.6) is 0 Å². The van der Waals surface area contributed by atoms with E-state index in [1.807, 2.05) is 11.8 Å². The quantitative estimate of drug-likeness (QED) is 0.565. The van der Waals surface area contributed by atoms with Crippen LogP contribution in [0, 0.1) is 0 Å². The van der Waals surface area contributed by atoms with Gasteiger partial charge in [0, 0.05) is 43.7 Å². The third-order valence-corrected chi connectivity index (χ3v) is 6.21. The highest BCUT2D eigenvalue weighted by Crippen LogP contribution is 2.24. The highest BCUT2D eigenvalue weighted by molar-refractivity contribution is 7.98. The minimum Gasteiger partial charge on any atom is -0.315 e. The Balaban J connectivity index is 1.33. The number of rotatable bonds is 11. The van der Waals surface area contributed by atoms with Crippen molar-refractivity contribution < 1.29 is 0 Å². The van der Waals surface area contributed by atoms with E-state index in [1.54, 1.807) is 0 Å². The monoisotopic (exact) mass is 368 g/mol. The smallest absolute Gasteiger partial charge is 0.0237 e. The molecule has 1 aliphatic rings. The van der Waals surface area contributed by atoms with Crippen molar-refractivity contribution in [1.29, 1.82) is 0 Å². The lowest BCUT2D eigenvalue weighted by Gasteiger charge is -2.29. The number of hydrogen-bond donors (Lipinski definition) is 1. The summed E-state index contributed by atoms with van der Waals surface area (Å²) in [5, 5.41) is 3.65. The van der Waals surface area contributed by atoms with Crippen LogP contribution in [0.1, 0.15) is 36.8 Å². The first-order chi connectivity index (χ1) is 12.9. The van der Waals surface area contributed by atoms with Gasteiger partial charge < -0.3 is 5.32 Å². The molecule has 0 unspecified atom stereocenters. The Hall–Kier alpha value is -1.29. The third kappa shape index (κ3) is 6.79. The fraction of sp³-hybridized carbons (Fsp3) is 0.478. The molecule has 2 aromatic carbocycles. The Morgan fingerprint density at radius 3 is 2.19 bits per heavy atom. The van der Waals surface area contributed by atoms with Crippen LogP contribution in [-0.4, -0.2) is 36.3 Å². The maximum absolute atomic E-state index is 3.65. The van der Waals surface area contributed by atoms with Gasteiger partial charge in [-0.1, -0.05) is 73.5 Å². The molecule has 1 aliphatic carbocycles. The van der Waals surface area contributed by atoms with E-state index >= 15 is 0 Å². The van der Waals surface area contributed by atoms with Gasteiger partial charge in [-0.3, -0.25) is 4.90 Å². The SMILES string of the molecule is c1ccc(CSCCNCCN(Cc2ccccc2)C2CCCC2)cc1. The second-order valence-electron chi connectivity index (χ2n) is 7.18. The number of hydrogen-bond acceptors (Lipinski definition) is 3. The summed E-state index contributed by atoms with van der Waals surface area (Å²) >= 11 is 2.02. The van der Waals surface area contributed by atoms with E-state index in [1.165, 1.54) is 42.6 Å². The molecule has 26 heavy (non-hydrogen) atoms. The van der Waals surface area contributed by atoms with Crippen molar-refractivity contribution >= 4 is 11.8 Å². The number of thioether (sulfide) groups is 1. The van der Waals surface area contributed by atoms with Gasteiger partial charge in [-0.25, -0.2) is 0 Å². The van der Waals surface area contributed by atoms with Crippen LogP contribution in [0.4, 0.5) is 0 Å². The standard InChI is InChI=1S/C23H32N2S/c1-3-9-21(10-4-1)19-25(23-13-7-8-14-23)17-15-24-16-18-26-20-22-11-5-2-6-12-22/h1-6,9-12,23-24H,7-8,13-20H2. The fourth-order valence-corrected chi connectivity index (χ4v) is 4.60. The average molecular weight is 369 g/mol. The van der Waals surface area contributed by atoms with Crippen molar-refractivity contribution in [2.45, 2.75) is 44.0 Å². The van der Waals surface area contributed by atoms with E-state index in [-0.39, 0.29) is 0 Å². The molecule has 0 amide bonds. The van der Waals surface area contributed by atoms with Gasteiger partial charge in [0.25, 0.3) is 0 Å². The zero-order valence-corrected chi connectivity index (χ0v) is 16.6. The van der Waals surface area contributed by atoms with Crippen LogP contribution in [0.25, 0.3) is 0 Å². The lowest BCUT2D eigenvalue weighted by Crippen LogP contribution is -2.38. The van der Waals surface area contributed by atoms with E-state index in [0.29, 0.717) is 0 Å². The molecule has 3 heteroatoms. The topological polar surface area (TPSA) is 15.3 Å². The second kappa shape index (κ2) is 11.4. The minimum atomic E-state index is 0.782. The molecule has 1 N–H and O–H groups in total. The van der Waals surface area contributed by atoms with Gasteiger partial charge in [-0.05, 0) is 24.0 Å². The Kier molecular flexibility index (Phi) is 8.56. The normalized spacial score (nSPS) is 15.0. The van der Waals surface area contributed by atoms with Crippen molar-refractivity contribution in [3.63, 3.8) is 0 Å². The molecule has 0 radical (unpaired) electrons. The Labute approximate surface area is 163 Å². The zero-order valence-electron chi connectivity index (χ0n) is 15.8. The molecular weight excluding hydrogens is 336 g/mol. The van der Waals surface area contributed by atoms with Crippen LogP contribution in [0.2, 0.25) is 0 Å². The molecule has 0 aliphatic heterocycles. The fourth-order valence-electron chi connectivity index (χ4n) is 3.73. The van der Waals surface area contributed by atoms with Crippen molar-refractivity contribution in [2.24, 2.45) is 0 Å². The van der Waals surface area contributed by atoms with Crippen LogP contribution < -0.4 is 5.32 Å². The van der Waals surface area contributed by atoms with Gasteiger partial charge in [-0.15, -0.1) is 0 Å². The van der Waals surface area contributed by atoms with Gasteiger partial charge in [0.15, 0.2) is 0 Å². The molecule has 0 aromatic heterocycles. The first kappa shape index (κ1) is 19.5.